The van der Waals surface area contributed by atoms with E-state index in [2.05, 4.69) is 31.0 Å². The molecule has 0 saturated heterocycles. The van der Waals surface area contributed by atoms with Gasteiger partial charge in [-0.25, -0.2) is 8.42 Å². The quantitative estimate of drug-likeness (QED) is 0.772. The minimum atomic E-state index is -3.32. The van der Waals surface area contributed by atoms with Crippen molar-refractivity contribution in [1.82, 2.24) is 19.4 Å². The van der Waals surface area contributed by atoms with Gasteiger partial charge in [-0.05, 0) is 17.0 Å². The van der Waals surface area contributed by atoms with Crippen molar-refractivity contribution in [2.75, 3.05) is 26.5 Å². The Morgan fingerprint density at radius 3 is 2.62 bits per heavy atom. The van der Waals surface area contributed by atoms with Gasteiger partial charge in [0.1, 0.15) is 12.4 Å². The Bertz CT molecular complexity index is 1010. The Labute approximate surface area is 171 Å². The summed E-state index contributed by atoms with van der Waals surface area (Å²) in [6.45, 7) is 7.49. The van der Waals surface area contributed by atoms with E-state index >= 15 is 0 Å². The molecule has 2 aromatic rings. The number of aromatic nitrogens is 2. The van der Waals surface area contributed by atoms with Crippen molar-refractivity contribution in [3.05, 3.63) is 46.8 Å². The molecule has 0 atom stereocenters. The number of carbonyl (C=O) groups is 1. The molecular weight excluding hydrogens is 392 g/mol. The first kappa shape index (κ1) is 21.3. The van der Waals surface area contributed by atoms with Gasteiger partial charge < -0.3 is 9.64 Å². The Morgan fingerprint density at radius 2 is 1.97 bits per heavy atom. The van der Waals surface area contributed by atoms with Crippen LogP contribution >= 0.6 is 0 Å². The number of aromatic amines is 1. The van der Waals surface area contributed by atoms with Crippen molar-refractivity contribution in [1.29, 1.82) is 0 Å². The van der Waals surface area contributed by atoms with E-state index < -0.39 is 10.0 Å². The third kappa shape index (κ3) is 4.62. The highest BCUT2D eigenvalue weighted by Crippen LogP contribution is 2.31. The van der Waals surface area contributed by atoms with E-state index in [0.29, 0.717) is 24.4 Å². The lowest BCUT2D eigenvalue weighted by Crippen LogP contribution is -2.32. The van der Waals surface area contributed by atoms with Crippen LogP contribution in [0.1, 0.15) is 48.1 Å². The number of likely N-dealkylation sites (N-methyl/N-ethyl adjacent to an activating group) is 1. The lowest BCUT2D eigenvalue weighted by atomic mass is 9.86. The summed E-state index contributed by atoms with van der Waals surface area (Å²) >= 11 is 0. The summed E-state index contributed by atoms with van der Waals surface area (Å²) in [4.78, 5) is 14.4. The van der Waals surface area contributed by atoms with Crippen LogP contribution in [0.2, 0.25) is 0 Å². The van der Waals surface area contributed by atoms with Crippen LogP contribution in [0.5, 0.6) is 5.75 Å². The number of amides is 1. The lowest BCUT2D eigenvalue weighted by Gasteiger charge is -2.23. The topological polar surface area (TPSA) is 95.6 Å². The zero-order valence-electron chi connectivity index (χ0n) is 17.5. The second kappa shape index (κ2) is 7.79. The summed E-state index contributed by atoms with van der Waals surface area (Å²) in [6, 6.07) is 7.90. The van der Waals surface area contributed by atoms with E-state index in [9.17, 15) is 13.2 Å². The van der Waals surface area contributed by atoms with Crippen LogP contribution in [0.3, 0.4) is 0 Å². The predicted octanol–water partition coefficient (Wildman–Crippen LogP) is 2.13. The molecule has 29 heavy (non-hydrogen) atoms. The average Bonchev–Trinajstić information content (AvgIpc) is 3.21. The number of sulfonamides is 1. The van der Waals surface area contributed by atoms with Gasteiger partial charge in [-0.2, -0.15) is 9.40 Å². The number of nitrogens with zero attached hydrogens (tertiary/aromatic N) is 3. The number of nitrogens with one attached hydrogen (secondary N) is 1. The fourth-order valence-electron chi connectivity index (χ4n) is 3.31. The smallest absolute Gasteiger partial charge is 0.274 e. The van der Waals surface area contributed by atoms with E-state index in [-0.39, 0.29) is 30.1 Å². The number of para-hydroxylation sites is 1. The van der Waals surface area contributed by atoms with E-state index in [1.165, 1.54) is 4.31 Å². The van der Waals surface area contributed by atoms with Gasteiger partial charge in [0, 0.05) is 19.2 Å². The number of rotatable bonds is 6. The molecular formula is C20H28N4O4S. The highest BCUT2D eigenvalue weighted by molar-refractivity contribution is 7.88. The fourth-order valence-corrected chi connectivity index (χ4v) is 4.04. The van der Waals surface area contributed by atoms with E-state index in [4.69, 9.17) is 4.74 Å². The highest BCUT2D eigenvalue weighted by Gasteiger charge is 2.33. The molecule has 2 heterocycles. The molecule has 0 bridgehead atoms. The second-order valence-electron chi connectivity index (χ2n) is 8.38. The van der Waals surface area contributed by atoms with Gasteiger partial charge in [-0.1, -0.05) is 39.0 Å². The van der Waals surface area contributed by atoms with Gasteiger partial charge in [0.2, 0.25) is 10.0 Å². The molecule has 0 aliphatic carbocycles. The Morgan fingerprint density at radius 1 is 1.28 bits per heavy atom. The van der Waals surface area contributed by atoms with Crippen LogP contribution in [0.4, 0.5) is 0 Å². The molecule has 0 saturated carbocycles. The van der Waals surface area contributed by atoms with E-state index in [0.717, 1.165) is 17.6 Å². The van der Waals surface area contributed by atoms with Crippen molar-refractivity contribution < 1.29 is 17.9 Å². The lowest BCUT2D eigenvalue weighted by molar-refractivity contribution is 0.0766. The van der Waals surface area contributed by atoms with Gasteiger partial charge in [-0.15, -0.1) is 0 Å². The molecule has 0 fully saturated rings. The Kier molecular flexibility index (Phi) is 5.73. The monoisotopic (exact) mass is 420 g/mol. The maximum Gasteiger partial charge on any atom is 0.274 e. The van der Waals surface area contributed by atoms with Gasteiger partial charge in [0.15, 0.2) is 5.69 Å². The van der Waals surface area contributed by atoms with Crippen LogP contribution < -0.4 is 4.74 Å². The summed E-state index contributed by atoms with van der Waals surface area (Å²) in [6.07, 6.45) is 1.16. The van der Waals surface area contributed by atoms with Crippen LogP contribution in [-0.2, 0) is 28.5 Å². The fraction of sp³-hybridized carbons (Fsp3) is 0.500. The number of ether oxygens (including phenoxy) is 1. The number of hydrogen-bond donors (Lipinski definition) is 1. The molecule has 1 aliphatic heterocycles. The molecule has 158 valence electrons. The van der Waals surface area contributed by atoms with Crippen molar-refractivity contribution in [2.45, 2.75) is 39.3 Å². The van der Waals surface area contributed by atoms with Crippen LogP contribution in [0.15, 0.2) is 24.3 Å². The van der Waals surface area contributed by atoms with Gasteiger partial charge in [-0.3, -0.25) is 9.89 Å². The molecule has 8 nitrogen and oxygen atoms in total. The summed E-state index contributed by atoms with van der Waals surface area (Å²) in [5, 5.41) is 6.90. The van der Waals surface area contributed by atoms with Gasteiger partial charge in [0.25, 0.3) is 5.91 Å². The third-order valence-electron chi connectivity index (χ3n) is 5.02. The second-order valence-corrected chi connectivity index (χ2v) is 10.4. The summed E-state index contributed by atoms with van der Waals surface area (Å²) in [7, 11) is -1.64. The highest BCUT2D eigenvalue weighted by atomic mass is 32.2. The van der Waals surface area contributed by atoms with E-state index in [1.54, 1.807) is 11.9 Å². The molecule has 9 heteroatoms. The Hall–Kier alpha value is -2.39. The minimum Gasteiger partial charge on any atom is -0.491 e. The first-order chi connectivity index (χ1) is 13.5. The van der Waals surface area contributed by atoms with Gasteiger partial charge in [0.05, 0.1) is 25.0 Å². The summed E-state index contributed by atoms with van der Waals surface area (Å²) in [5.41, 5.74) is 2.65. The predicted molar refractivity (Wildman–Crippen MR) is 110 cm³/mol. The SMILES string of the molecule is CN(CCOc1ccccc1C(C)(C)C)C(=O)c1n[nH]c2c1CN(S(C)(=O)=O)C2. The molecule has 1 amide bonds. The zero-order chi connectivity index (χ0) is 21.4. The minimum absolute atomic E-state index is 0.0423. The average molecular weight is 421 g/mol. The summed E-state index contributed by atoms with van der Waals surface area (Å²) in [5.74, 6) is 0.552. The summed E-state index contributed by atoms with van der Waals surface area (Å²) < 4.78 is 30.8. The first-order valence-corrected chi connectivity index (χ1v) is 11.3. The number of benzene rings is 1. The molecule has 1 aromatic carbocycles. The number of H-pyrrole nitrogens is 1. The van der Waals surface area contributed by atoms with Crippen molar-refractivity contribution in [2.24, 2.45) is 0 Å². The molecule has 0 unspecified atom stereocenters. The van der Waals surface area contributed by atoms with Crippen molar-refractivity contribution in [3.63, 3.8) is 0 Å². The molecule has 3 rings (SSSR count). The van der Waals surface area contributed by atoms with Gasteiger partial charge >= 0.3 is 0 Å². The molecule has 1 N–H and O–H groups in total. The molecule has 0 radical (unpaired) electrons. The molecule has 0 spiro atoms. The number of carbonyl (C=O) groups excluding carboxylic acids is 1. The first-order valence-electron chi connectivity index (χ1n) is 9.47. The Balaban J connectivity index is 1.63. The van der Waals surface area contributed by atoms with Crippen molar-refractivity contribution in [3.8, 4) is 5.75 Å². The van der Waals surface area contributed by atoms with Crippen LogP contribution in [0, 0.1) is 0 Å². The third-order valence-corrected chi connectivity index (χ3v) is 6.22. The standard InChI is InChI=1S/C20H28N4O4S/c1-20(2,3)15-8-6-7-9-17(15)28-11-10-23(4)19(25)18-14-12-24(29(5,26)27)13-16(14)21-22-18/h6-9H,10-13H2,1-5H3,(H,21,22). The number of hydrogen-bond acceptors (Lipinski definition) is 5. The van der Waals surface area contributed by atoms with Crippen LogP contribution in [0.25, 0.3) is 0 Å². The molecule has 1 aliphatic rings. The van der Waals surface area contributed by atoms with Crippen LogP contribution in [-0.4, -0.2) is 60.2 Å². The zero-order valence-corrected chi connectivity index (χ0v) is 18.3. The normalized spacial score (nSPS) is 14.7. The van der Waals surface area contributed by atoms with E-state index in [1.807, 2.05) is 24.3 Å². The largest absolute Gasteiger partial charge is 0.491 e. The maximum absolute atomic E-state index is 12.8. The van der Waals surface area contributed by atoms with Crippen molar-refractivity contribution >= 4 is 15.9 Å². The number of fused-ring (bicyclic) bond motifs is 1. The molecule has 1 aromatic heterocycles. The maximum atomic E-state index is 12.8.